The van der Waals surface area contributed by atoms with Crippen LogP contribution in [0.4, 0.5) is 15.9 Å². The van der Waals surface area contributed by atoms with Gasteiger partial charge in [-0.1, -0.05) is 12.1 Å². The predicted octanol–water partition coefficient (Wildman–Crippen LogP) is 3.22. The maximum Gasteiger partial charge on any atom is 0.288 e. The van der Waals surface area contributed by atoms with E-state index in [-0.39, 0.29) is 11.6 Å². The number of amides is 1. The van der Waals surface area contributed by atoms with Crippen molar-refractivity contribution in [2.45, 2.75) is 13.5 Å². The second-order valence-electron chi connectivity index (χ2n) is 7.17. The maximum atomic E-state index is 13.5. The Hall–Kier alpha value is -4.27. The lowest BCUT2D eigenvalue weighted by molar-refractivity contribution is 0.0989. The number of primary amides is 1. The molecule has 1 amide bonds. The molecule has 0 fully saturated rings. The molecule has 5 rings (SSSR count). The van der Waals surface area contributed by atoms with E-state index >= 15 is 0 Å². The fourth-order valence-electron chi connectivity index (χ4n) is 3.54. The zero-order valence-corrected chi connectivity index (χ0v) is 16.5. The highest BCUT2D eigenvalue weighted by molar-refractivity contribution is 5.91. The fraction of sp³-hybridized carbons (Fsp3) is 0.0909. The molecule has 3 aromatic heterocycles. The van der Waals surface area contributed by atoms with Gasteiger partial charge in [0.25, 0.3) is 5.91 Å². The summed E-state index contributed by atoms with van der Waals surface area (Å²) in [5.74, 6) is -0.632. The standard InChI is InChI=1S/C22H17FN7O/c1-13-7-8-29-19(13)21(27-22(28-29)20(24)31)26-17-5-6-18-15(10-17)11-25-30(18)12-14-3-2-4-16(23)9-14/h2-6,8-11H,12H2,1H3,(H2,24,31)(H,26,27,28). The zero-order chi connectivity index (χ0) is 21.5. The van der Waals surface area contributed by atoms with Crippen LogP contribution in [-0.4, -0.2) is 30.3 Å². The number of carbonyl (C=O) groups excluding carboxylic acids is 1. The van der Waals surface area contributed by atoms with Crippen LogP contribution in [0.1, 0.15) is 21.7 Å². The second kappa shape index (κ2) is 7.21. The van der Waals surface area contributed by atoms with Gasteiger partial charge in [0.05, 0.1) is 18.3 Å². The summed E-state index contributed by atoms with van der Waals surface area (Å²) in [5, 5.41) is 12.7. The molecule has 3 heterocycles. The third kappa shape index (κ3) is 3.46. The molecular weight excluding hydrogens is 397 g/mol. The highest BCUT2D eigenvalue weighted by atomic mass is 19.1. The van der Waals surface area contributed by atoms with E-state index in [1.807, 2.05) is 35.9 Å². The fourth-order valence-corrected chi connectivity index (χ4v) is 3.54. The zero-order valence-electron chi connectivity index (χ0n) is 16.5. The van der Waals surface area contributed by atoms with Gasteiger partial charge >= 0.3 is 0 Å². The van der Waals surface area contributed by atoms with Crippen molar-refractivity contribution in [1.29, 1.82) is 0 Å². The SMILES string of the molecule is Cc1[c]cn2nc(C(N)=O)nc(Nc3ccc4c(cnn4Cc4cccc(F)c4)c3)c12. The molecule has 31 heavy (non-hydrogen) atoms. The summed E-state index contributed by atoms with van der Waals surface area (Å²) >= 11 is 0. The summed E-state index contributed by atoms with van der Waals surface area (Å²) < 4.78 is 16.8. The van der Waals surface area contributed by atoms with Crippen molar-refractivity contribution in [3.8, 4) is 0 Å². The van der Waals surface area contributed by atoms with Gasteiger partial charge in [-0.3, -0.25) is 9.48 Å². The van der Waals surface area contributed by atoms with Crippen LogP contribution in [0.5, 0.6) is 0 Å². The third-order valence-corrected chi connectivity index (χ3v) is 4.98. The van der Waals surface area contributed by atoms with Crippen LogP contribution in [0.15, 0.2) is 54.9 Å². The first-order valence-electron chi connectivity index (χ1n) is 9.52. The number of anilines is 2. The molecule has 153 valence electrons. The first-order valence-corrected chi connectivity index (χ1v) is 9.52. The molecule has 0 aliphatic rings. The quantitative estimate of drug-likeness (QED) is 0.460. The number of nitrogens with one attached hydrogen (secondary N) is 1. The molecule has 0 spiro atoms. The van der Waals surface area contributed by atoms with E-state index in [2.05, 4.69) is 26.6 Å². The minimum Gasteiger partial charge on any atom is -0.363 e. The molecular formula is C22H17FN7O. The molecule has 0 saturated heterocycles. The summed E-state index contributed by atoms with van der Waals surface area (Å²) in [5.41, 5.74) is 9.41. The van der Waals surface area contributed by atoms with Crippen LogP contribution in [0.3, 0.4) is 0 Å². The largest absolute Gasteiger partial charge is 0.363 e. The summed E-state index contributed by atoms with van der Waals surface area (Å²) in [6.07, 6.45) is 3.38. The number of halogens is 1. The van der Waals surface area contributed by atoms with Gasteiger partial charge in [-0.25, -0.2) is 13.9 Å². The second-order valence-corrected chi connectivity index (χ2v) is 7.17. The molecule has 2 aromatic carbocycles. The van der Waals surface area contributed by atoms with Crippen LogP contribution in [0.2, 0.25) is 0 Å². The Balaban J connectivity index is 1.49. The molecule has 0 unspecified atom stereocenters. The summed E-state index contributed by atoms with van der Waals surface area (Å²) in [6.45, 7) is 2.34. The van der Waals surface area contributed by atoms with Gasteiger partial charge in [0.15, 0.2) is 5.82 Å². The Morgan fingerprint density at radius 2 is 2.13 bits per heavy atom. The molecule has 9 heteroatoms. The third-order valence-electron chi connectivity index (χ3n) is 4.98. The summed E-state index contributed by atoms with van der Waals surface area (Å²) in [6, 6.07) is 15.3. The molecule has 8 nitrogen and oxygen atoms in total. The number of aryl methyl sites for hydroxylation is 1. The maximum absolute atomic E-state index is 13.5. The van der Waals surface area contributed by atoms with Crippen molar-refractivity contribution >= 4 is 33.8 Å². The van der Waals surface area contributed by atoms with Gasteiger partial charge in [-0.15, -0.1) is 5.10 Å². The first-order chi connectivity index (χ1) is 15.0. The number of nitrogens with two attached hydrogens (primary N) is 1. The van der Waals surface area contributed by atoms with Crippen molar-refractivity contribution < 1.29 is 9.18 Å². The number of carbonyl (C=O) groups is 1. The van der Waals surface area contributed by atoms with Gasteiger partial charge in [0, 0.05) is 23.3 Å². The molecule has 0 saturated carbocycles. The van der Waals surface area contributed by atoms with Crippen molar-refractivity contribution in [2.75, 3.05) is 5.32 Å². The van der Waals surface area contributed by atoms with Gasteiger partial charge < -0.3 is 11.1 Å². The number of aromatic nitrogens is 5. The number of hydrogen-bond acceptors (Lipinski definition) is 5. The van der Waals surface area contributed by atoms with E-state index in [1.165, 1.54) is 16.6 Å². The molecule has 0 aliphatic heterocycles. The van der Waals surface area contributed by atoms with Crippen molar-refractivity contribution in [1.82, 2.24) is 24.4 Å². The lowest BCUT2D eigenvalue weighted by Crippen LogP contribution is -2.18. The van der Waals surface area contributed by atoms with Crippen LogP contribution >= 0.6 is 0 Å². The Kier molecular flexibility index (Phi) is 4.36. The molecule has 5 aromatic rings. The van der Waals surface area contributed by atoms with Gasteiger partial charge in [0.2, 0.25) is 5.82 Å². The number of benzene rings is 2. The average Bonchev–Trinajstić information content (AvgIpc) is 3.31. The number of fused-ring (bicyclic) bond motifs is 2. The Morgan fingerprint density at radius 3 is 2.94 bits per heavy atom. The van der Waals surface area contributed by atoms with E-state index in [9.17, 15) is 9.18 Å². The van der Waals surface area contributed by atoms with E-state index in [0.717, 1.165) is 27.7 Å². The van der Waals surface area contributed by atoms with E-state index in [4.69, 9.17) is 5.73 Å². The van der Waals surface area contributed by atoms with E-state index in [1.54, 1.807) is 18.5 Å². The van der Waals surface area contributed by atoms with Gasteiger partial charge in [-0.05, 0) is 48.4 Å². The lowest BCUT2D eigenvalue weighted by Gasteiger charge is -2.10. The topological polar surface area (TPSA) is 103 Å². The minimum atomic E-state index is -0.717. The van der Waals surface area contributed by atoms with Crippen molar-refractivity contribution in [3.05, 3.63) is 83.7 Å². The Labute approximate surface area is 176 Å². The number of hydrogen-bond donors (Lipinski definition) is 2. The molecule has 0 atom stereocenters. The van der Waals surface area contributed by atoms with Crippen LogP contribution in [-0.2, 0) is 6.54 Å². The monoisotopic (exact) mass is 414 g/mol. The number of nitrogens with zero attached hydrogens (tertiary/aromatic N) is 5. The van der Waals surface area contributed by atoms with Crippen LogP contribution < -0.4 is 11.1 Å². The van der Waals surface area contributed by atoms with E-state index in [0.29, 0.717) is 17.9 Å². The van der Waals surface area contributed by atoms with Crippen molar-refractivity contribution in [2.24, 2.45) is 5.73 Å². The van der Waals surface area contributed by atoms with Crippen molar-refractivity contribution in [3.63, 3.8) is 0 Å². The molecule has 3 N–H and O–H groups in total. The molecule has 1 radical (unpaired) electrons. The Bertz CT molecular complexity index is 1450. The average molecular weight is 414 g/mol. The lowest BCUT2D eigenvalue weighted by atomic mass is 10.2. The predicted molar refractivity (Wildman–Crippen MR) is 114 cm³/mol. The van der Waals surface area contributed by atoms with Crippen LogP contribution in [0, 0.1) is 18.8 Å². The summed E-state index contributed by atoms with van der Waals surface area (Å²) in [4.78, 5) is 15.9. The highest BCUT2D eigenvalue weighted by Gasteiger charge is 2.15. The van der Waals surface area contributed by atoms with E-state index < -0.39 is 5.91 Å². The molecule has 0 bridgehead atoms. The Morgan fingerprint density at radius 1 is 1.26 bits per heavy atom. The van der Waals surface area contributed by atoms with Crippen LogP contribution in [0.25, 0.3) is 16.4 Å². The minimum absolute atomic E-state index is 0.0945. The smallest absolute Gasteiger partial charge is 0.288 e. The normalized spacial score (nSPS) is 11.3. The molecule has 0 aliphatic carbocycles. The van der Waals surface area contributed by atoms with Gasteiger partial charge in [-0.2, -0.15) is 5.10 Å². The highest BCUT2D eigenvalue weighted by Crippen LogP contribution is 2.26. The first kappa shape index (κ1) is 18.7. The van der Waals surface area contributed by atoms with Gasteiger partial charge in [0.1, 0.15) is 11.3 Å². The number of rotatable bonds is 5. The summed E-state index contributed by atoms with van der Waals surface area (Å²) in [7, 11) is 0.